The second kappa shape index (κ2) is 15.8. The topological polar surface area (TPSA) is 160 Å². The highest BCUT2D eigenvalue weighted by Gasteiger charge is 2.22. The zero-order valence-electron chi connectivity index (χ0n) is 27.9. The third-order valence-corrected chi connectivity index (χ3v) is 8.81. The first kappa shape index (κ1) is 36.0. The van der Waals surface area contributed by atoms with Crippen molar-refractivity contribution in [2.24, 2.45) is 14.1 Å². The number of unbranched alkanes of at least 4 members (excludes halogenated alkanes) is 1. The fourth-order valence-corrected chi connectivity index (χ4v) is 6.06. The number of hydrogen-bond acceptors (Lipinski definition) is 10. The van der Waals surface area contributed by atoms with Gasteiger partial charge in [-0.1, -0.05) is 6.92 Å². The molecule has 1 aromatic heterocycles. The second-order valence-electron chi connectivity index (χ2n) is 11.1. The average molecular weight is 687 g/mol. The summed E-state index contributed by atoms with van der Waals surface area (Å²) in [6.07, 6.45) is 2.19. The fourth-order valence-electron chi connectivity index (χ4n) is 4.98. The van der Waals surface area contributed by atoms with Crippen LogP contribution in [0.4, 0.5) is 5.69 Å². The van der Waals surface area contributed by atoms with Gasteiger partial charge in [-0.05, 0) is 51.1 Å². The fraction of sp³-hybridized carbons (Fsp3) is 0.394. The minimum absolute atomic E-state index is 0.0340. The van der Waals surface area contributed by atoms with E-state index >= 15 is 0 Å². The lowest BCUT2D eigenvalue weighted by Gasteiger charge is -2.17. The van der Waals surface area contributed by atoms with Gasteiger partial charge in [0.25, 0.3) is 10.0 Å². The highest BCUT2D eigenvalue weighted by atomic mass is 32.2. The Kier molecular flexibility index (Phi) is 11.8. The summed E-state index contributed by atoms with van der Waals surface area (Å²) < 4.78 is 61.5. The molecule has 3 aromatic carbocycles. The molecule has 4 rings (SSSR count). The van der Waals surface area contributed by atoms with E-state index in [-0.39, 0.29) is 34.3 Å². The van der Waals surface area contributed by atoms with Gasteiger partial charge in [-0.3, -0.25) is 23.6 Å². The number of anilines is 1. The number of aryl methyl sites for hydroxylation is 2. The van der Waals surface area contributed by atoms with E-state index < -0.39 is 16.0 Å². The van der Waals surface area contributed by atoms with Crippen molar-refractivity contribution in [3.05, 3.63) is 59.0 Å². The Morgan fingerprint density at radius 1 is 0.854 bits per heavy atom. The van der Waals surface area contributed by atoms with E-state index in [0.29, 0.717) is 60.2 Å². The number of fused-ring (bicyclic) bond motifs is 1. The first-order chi connectivity index (χ1) is 22.9. The third kappa shape index (κ3) is 8.72. The molecule has 0 atom stereocenters. The Morgan fingerprint density at radius 2 is 1.48 bits per heavy atom. The maximum absolute atomic E-state index is 13.7. The van der Waals surface area contributed by atoms with Crippen LogP contribution in [0.1, 0.15) is 26.2 Å². The van der Waals surface area contributed by atoms with E-state index in [9.17, 15) is 18.0 Å². The Hall–Kier alpha value is -4.89. The van der Waals surface area contributed by atoms with Crippen LogP contribution in [0.25, 0.3) is 11.0 Å². The molecule has 0 fully saturated rings. The molecule has 0 radical (unpaired) electrons. The SMILES string of the molecule is CCCOc1cc(OCCCCN(C)CC(=O)O)cc(Oc2cc3c(cc2NS(=O)(=O)c2ccc(OC)c(OC)c2)n(C)c(=O)n3C)c1. The van der Waals surface area contributed by atoms with Crippen LogP contribution < -0.4 is 34.1 Å². The predicted molar refractivity (Wildman–Crippen MR) is 181 cm³/mol. The third-order valence-electron chi connectivity index (χ3n) is 7.45. The van der Waals surface area contributed by atoms with Crippen molar-refractivity contribution in [3.8, 4) is 34.5 Å². The molecule has 48 heavy (non-hydrogen) atoms. The van der Waals surface area contributed by atoms with Gasteiger partial charge in [-0.2, -0.15) is 0 Å². The van der Waals surface area contributed by atoms with Crippen LogP contribution in [-0.4, -0.2) is 81.1 Å². The Balaban J connectivity index is 1.67. The minimum Gasteiger partial charge on any atom is -0.493 e. The van der Waals surface area contributed by atoms with Crippen molar-refractivity contribution >= 4 is 32.7 Å². The number of imidazole rings is 1. The standard InChI is InChI=1S/C33H42N4O10S/c1-7-13-45-22-15-23(46-14-9-8-12-35(2)21-32(38)39)17-24(16-22)47-30-20-28-27(36(3)33(40)37(28)4)19-26(30)34-48(41,42)25-10-11-29(43-5)31(18-25)44-6/h10-11,15-20,34H,7-9,12-14,21H2,1-6H3,(H,38,39). The largest absolute Gasteiger partial charge is 0.493 e. The monoisotopic (exact) mass is 686 g/mol. The molecular formula is C33H42N4O10S. The number of likely N-dealkylation sites (N-methyl/N-ethyl adjacent to an activating group) is 1. The molecule has 0 spiro atoms. The van der Waals surface area contributed by atoms with Crippen molar-refractivity contribution in [3.63, 3.8) is 0 Å². The summed E-state index contributed by atoms with van der Waals surface area (Å²) in [5.74, 6) is 1.14. The highest BCUT2D eigenvalue weighted by Crippen LogP contribution is 2.38. The predicted octanol–water partition coefficient (Wildman–Crippen LogP) is 4.45. The molecule has 14 nitrogen and oxygen atoms in total. The van der Waals surface area contributed by atoms with Gasteiger partial charge in [0.2, 0.25) is 0 Å². The summed E-state index contributed by atoms with van der Waals surface area (Å²) in [6, 6.07) is 12.4. The maximum atomic E-state index is 13.7. The molecule has 0 unspecified atom stereocenters. The molecule has 4 aromatic rings. The number of benzene rings is 3. The van der Waals surface area contributed by atoms with Gasteiger partial charge in [0.15, 0.2) is 17.2 Å². The number of nitrogens with zero attached hydrogens (tertiary/aromatic N) is 3. The number of hydrogen-bond donors (Lipinski definition) is 2. The number of methoxy groups -OCH3 is 2. The van der Waals surface area contributed by atoms with Gasteiger partial charge in [-0.25, -0.2) is 13.2 Å². The molecule has 15 heteroatoms. The maximum Gasteiger partial charge on any atom is 0.328 e. The summed E-state index contributed by atoms with van der Waals surface area (Å²) in [6.45, 7) is 3.37. The van der Waals surface area contributed by atoms with E-state index in [1.807, 2.05) is 6.92 Å². The van der Waals surface area contributed by atoms with Gasteiger partial charge in [0, 0.05) is 44.4 Å². The summed E-state index contributed by atoms with van der Waals surface area (Å²) >= 11 is 0. The number of carboxylic acids is 1. The molecule has 0 saturated carbocycles. The zero-order chi connectivity index (χ0) is 35.0. The van der Waals surface area contributed by atoms with E-state index in [0.717, 1.165) is 12.8 Å². The van der Waals surface area contributed by atoms with Crippen LogP contribution in [-0.2, 0) is 28.9 Å². The lowest BCUT2D eigenvalue weighted by molar-refractivity contribution is -0.138. The summed E-state index contributed by atoms with van der Waals surface area (Å²) in [4.78, 5) is 25.3. The van der Waals surface area contributed by atoms with Crippen LogP contribution in [0.3, 0.4) is 0 Å². The minimum atomic E-state index is -4.17. The molecule has 2 N–H and O–H groups in total. The lowest BCUT2D eigenvalue weighted by Crippen LogP contribution is -2.26. The number of nitrogens with one attached hydrogen (secondary N) is 1. The smallest absolute Gasteiger partial charge is 0.328 e. The van der Waals surface area contributed by atoms with Crippen molar-refractivity contribution in [2.75, 3.05) is 52.3 Å². The first-order valence-electron chi connectivity index (χ1n) is 15.3. The van der Waals surface area contributed by atoms with Crippen LogP contribution in [0.15, 0.2) is 58.2 Å². The Labute approximate surface area is 279 Å². The van der Waals surface area contributed by atoms with Gasteiger partial charge < -0.3 is 28.8 Å². The molecule has 260 valence electrons. The Bertz CT molecular complexity index is 1920. The summed E-state index contributed by atoms with van der Waals surface area (Å²) in [5.41, 5.74) is 0.800. The molecule has 0 saturated heterocycles. The van der Waals surface area contributed by atoms with Crippen LogP contribution in [0.5, 0.6) is 34.5 Å². The normalized spacial score (nSPS) is 11.5. The molecule has 1 heterocycles. The van der Waals surface area contributed by atoms with E-state index in [4.69, 9.17) is 28.8 Å². The molecule has 0 aliphatic carbocycles. The number of aliphatic carboxylic acids is 1. The van der Waals surface area contributed by atoms with Crippen molar-refractivity contribution in [1.82, 2.24) is 14.0 Å². The van der Waals surface area contributed by atoms with Crippen LogP contribution >= 0.6 is 0 Å². The van der Waals surface area contributed by atoms with Crippen molar-refractivity contribution in [2.45, 2.75) is 31.1 Å². The highest BCUT2D eigenvalue weighted by molar-refractivity contribution is 7.92. The number of carbonyl (C=O) groups is 1. The number of ether oxygens (including phenoxy) is 5. The summed E-state index contributed by atoms with van der Waals surface area (Å²) in [7, 11) is 3.66. The van der Waals surface area contributed by atoms with Crippen LogP contribution in [0.2, 0.25) is 0 Å². The first-order valence-corrected chi connectivity index (χ1v) is 16.8. The van der Waals surface area contributed by atoms with Gasteiger partial charge in [0.05, 0.1) is 55.6 Å². The van der Waals surface area contributed by atoms with Crippen LogP contribution in [0, 0.1) is 0 Å². The van der Waals surface area contributed by atoms with Crippen molar-refractivity contribution < 1.29 is 42.0 Å². The molecule has 0 aliphatic rings. The zero-order valence-corrected chi connectivity index (χ0v) is 28.8. The molecule has 0 amide bonds. The quantitative estimate of drug-likeness (QED) is 0.142. The average Bonchev–Trinajstić information content (AvgIpc) is 3.25. The Morgan fingerprint density at radius 3 is 2.10 bits per heavy atom. The number of aromatic nitrogens is 2. The number of carboxylic acid groups (broad SMARTS) is 1. The summed E-state index contributed by atoms with van der Waals surface area (Å²) in [5, 5.41) is 8.95. The van der Waals surface area contributed by atoms with Gasteiger partial charge in [0.1, 0.15) is 17.2 Å². The molecule has 0 aliphatic heterocycles. The van der Waals surface area contributed by atoms with Gasteiger partial charge in [-0.15, -0.1) is 0 Å². The molecule has 0 bridgehead atoms. The second-order valence-corrected chi connectivity index (χ2v) is 12.8. The van der Waals surface area contributed by atoms with E-state index in [1.54, 1.807) is 56.4 Å². The van der Waals surface area contributed by atoms with Gasteiger partial charge >= 0.3 is 11.7 Å². The number of sulfonamides is 1. The van der Waals surface area contributed by atoms with Crippen molar-refractivity contribution in [1.29, 1.82) is 0 Å². The van der Waals surface area contributed by atoms with E-state index in [2.05, 4.69) is 4.72 Å². The van der Waals surface area contributed by atoms with E-state index in [1.165, 1.54) is 41.6 Å². The number of rotatable bonds is 18. The molecular weight excluding hydrogens is 644 g/mol. The lowest BCUT2D eigenvalue weighted by atomic mass is 10.2.